The topological polar surface area (TPSA) is 81.4 Å². The lowest BCUT2D eigenvalue weighted by atomic mass is 9.85. The number of nitrogens with one attached hydrogen (secondary N) is 1. The van der Waals surface area contributed by atoms with Gasteiger partial charge >= 0.3 is 5.97 Å². The van der Waals surface area contributed by atoms with E-state index in [-0.39, 0.29) is 24.0 Å². The van der Waals surface area contributed by atoms with Gasteiger partial charge in [-0.15, -0.1) is 0 Å². The third kappa shape index (κ3) is 3.20. The quantitative estimate of drug-likeness (QED) is 0.675. The largest absolute Gasteiger partial charge is 0.461 e. The van der Waals surface area contributed by atoms with E-state index in [1.807, 2.05) is 0 Å². The average Bonchev–Trinajstić information content (AvgIpc) is 2.29. The molecule has 92 valence electrons. The van der Waals surface area contributed by atoms with Crippen LogP contribution in [0.15, 0.2) is 0 Å². The Morgan fingerprint density at radius 2 is 2.25 bits per heavy atom. The standard InChI is InChI=1S/C11H20N2O3/c1-7-9(14)16-8(4-5-13-7)6-11(2,3)10(12)15/h7-8,13H,4-6H2,1-3H3,(H2,12,15). The molecule has 1 saturated heterocycles. The van der Waals surface area contributed by atoms with Crippen LogP contribution in [0.2, 0.25) is 0 Å². The van der Waals surface area contributed by atoms with Crippen LogP contribution in [0.1, 0.15) is 33.6 Å². The molecule has 0 aromatic carbocycles. The van der Waals surface area contributed by atoms with E-state index in [1.165, 1.54) is 0 Å². The SMILES string of the molecule is CC1NCCC(CC(C)(C)C(N)=O)OC1=O. The van der Waals surface area contributed by atoms with E-state index < -0.39 is 5.41 Å². The summed E-state index contributed by atoms with van der Waals surface area (Å²) in [6.07, 6.45) is 0.961. The maximum atomic E-state index is 11.5. The molecular formula is C11H20N2O3. The first-order chi connectivity index (χ1) is 7.33. The molecule has 0 bridgehead atoms. The minimum atomic E-state index is -0.640. The van der Waals surface area contributed by atoms with Gasteiger partial charge in [0.05, 0.1) is 0 Å². The Balaban J connectivity index is 2.61. The predicted molar refractivity (Wildman–Crippen MR) is 59.6 cm³/mol. The van der Waals surface area contributed by atoms with Crippen molar-refractivity contribution in [1.29, 1.82) is 0 Å². The van der Waals surface area contributed by atoms with Crippen LogP contribution in [0, 0.1) is 5.41 Å². The van der Waals surface area contributed by atoms with Gasteiger partial charge in [0.2, 0.25) is 5.91 Å². The maximum absolute atomic E-state index is 11.5. The van der Waals surface area contributed by atoms with Gasteiger partial charge in [-0.25, -0.2) is 0 Å². The van der Waals surface area contributed by atoms with Crippen molar-refractivity contribution in [3.8, 4) is 0 Å². The highest BCUT2D eigenvalue weighted by molar-refractivity contribution is 5.80. The Hall–Kier alpha value is -1.10. The van der Waals surface area contributed by atoms with Crippen molar-refractivity contribution < 1.29 is 14.3 Å². The molecule has 1 fully saturated rings. The summed E-state index contributed by atoms with van der Waals surface area (Å²) in [4.78, 5) is 22.7. The third-order valence-electron chi connectivity index (χ3n) is 2.96. The molecule has 2 unspecified atom stereocenters. The fourth-order valence-corrected chi connectivity index (χ4v) is 1.68. The Labute approximate surface area is 95.7 Å². The fourth-order valence-electron chi connectivity index (χ4n) is 1.68. The number of esters is 1. The minimum absolute atomic E-state index is 0.229. The lowest BCUT2D eigenvalue weighted by Gasteiger charge is -2.25. The summed E-state index contributed by atoms with van der Waals surface area (Å²) in [7, 11) is 0. The number of carbonyl (C=O) groups excluding carboxylic acids is 2. The van der Waals surface area contributed by atoms with E-state index in [0.29, 0.717) is 19.4 Å². The van der Waals surface area contributed by atoms with Gasteiger partial charge in [0.1, 0.15) is 12.1 Å². The predicted octanol–water partition coefficient (Wildman–Crippen LogP) is 0.182. The zero-order chi connectivity index (χ0) is 12.3. The highest BCUT2D eigenvalue weighted by Gasteiger charge is 2.32. The van der Waals surface area contributed by atoms with E-state index in [4.69, 9.17) is 10.5 Å². The van der Waals surface area contributed by atoms with Crippen molar-refractivity contribution in [1.82, 2.24) is 5.32 Å². The van der Waals surface area contributed by atoms with Crippen molar-refractivity contribution >= 4 is 11.9 Å². The van der Waals surface area contributed by atoms with Crippen molar-refractivity contribution in [2.75, 3.05) is 6.54 Å². The molecule has 0 saturated carbocycles. The molecule has 1 heterocycles. The summed E-state index contributed by atoms with van der Waals surface area (Å²) in [5, 5.41) is 3.05. The monoisotopic (exact) mass is 228 g/mol. The summed E-state index contributed by atoms with van der Waals surface area (Å²) in [5.74, 6) is -0.628. The van der Waals surface area contributed by atoms with Gasteiger partial charge < -0.3 is 15.8 Å². The molecule has 5 nitrogen and oxygen atoms in total. The molecule has 1 aliphatic rings. The zero-order valence-electron chi connectivity index (χ0n) is 10.1. The van der Waals surface area contributed by atoms with Crippen LogP contribution in [-0.2, 0) is 14.3 Å². The highest BCUT2D eigenvalue weighted by atomic mass is 16.5. The molecule has 0 aromatic heterocycles. The lowest BCUT2D eigenvalue weighted by Crippen LogP contribution is -2.36. The Morgan fingerprint density at radius 3 is 2.81 bits per heavy atom. The highest BCUT2D eigenvalue weighted by Crippen LogP contribution is 2.25. The molecule has 1 rings (SSSR count). The second-order valence-corrected chi connectivity index (χ2v) is 4.98. The molecule has 5 heteroatoms. The number of hydrogen-bond acceptors (Lipinski definition) is 4. The smallest absolute Gasteiger partial charge is 0.323 e. The van der Waals surface area contributed by atoms with Gasteiger partial charge in [-0.3, -0.25) is 9.59 Å². The van der Waals surface area contributed by atoms with Gasteiger partial charge in [0, 0.05) is 5.41 Å². The number of carbonyl (C=O) groups is 2. The summed E-state index contributed by atoms with van der Waals surface area (Å²) in [6.45, 7) is 6.02. The minimum Gasteiger partial charge on any atom is -0.461 e. The normalized spacial score (nSPS) is 27.1. The second kappa shape index (κ2) is 4.82. The van der Waals surface area contributed by atoms with E-state index in [0.717, 1.165) is 0 Å². The first kappa shape index (κ1) is 13.0. The Bertz CT molecular complexity index is 289. The Morgan fingerprint density at radius 1 is 1.62 bits per heavy atom. The number of amides is 1. The van der Waals surface area contributed by atoms with Crippen molar-refractivity contribution in [3.63, 3.8) is 0 Å². The van der Waals surface area contributed by atoms with Crippen LogP contribution in [0.5, 0.6) is 0 Å². The maximum Gasteiger partial charge on any atom is 0.323 e. The molecule has 0 aliphatic carbocycles. The van der Waals surface area contributed by atoms with Crippen molar-refractivity contribution in [2.24, 2.45) is 11.1 Å². The molecule has 0 aromatic rings. The number of cyclic esters (lactones) is 1. The first-order valence-corrected chi connectivity index (χ1v) is 5.57. The molecule has 16 heavy (non-hydrogen) atoms. The molecule has 2 atom stereocenters. The van der Waals surface area contributed by atoms with Crippen LogP contribution in [0.25, 0.3) is 0 Å². The number of primary amides is 1. The molecule has 1 amide bonds. The second-order valence-electron chi connectivity index (χ2n) is 4.98. The van der Waals surface area contributed by atoms with Crippen LogP contribution in [0.3, 0.4) is 0 Å². The molecule has 1 aliphatic heterocycles. The molecule has 3 N–H and O–H groups in total. The lowest BCUT2D eigenvalue weighted by molar-refractivity contribution is -0.152. The zero-order valence-corrected chi connectivity index (χ0v) is 10.1. The third-order valence-corrected chi connectivity index (χ3v) is 2.96. The number of ether oxygens (including phenoxy) is 1. The fraction of sp³-hybridized carbons (Fsp3) is 0.818. The summed E-state index contributed by atoms with van der Waals surface area (Å²) in [5.41, 5.74) is 4.65. The van der Waals surface area contributed by atoms with Gasteiger partial charge in [0.25, 0.3) is 0 Å². The van der Waals surface area contributed by atoms with Crippen LogP contribution in [-0.4, -0.2) is 30.6 Å². The van der Waals surface area contributed by atoms with Crippen molar-refractivity contribution in [3.05, 3.63) is 0 Å². The molecule has 0 spiro atoms. The Kier molecular flexibility index (Phi) is 3.91. The first-order valence-electron chi connectivity index (χ1n) is 5.57. The van der Waals surface area contributed by atoms with E-state index >= 15 is 0 Å². The van der Waals surface area contributed by atoms with Gasteiger partial charge in [-0.1, -0.05) is 13.8 Å². The summed E-state index contributed by atoms with van der Waals surface area (Å²) < 4.78 is 5.30. The summed E-state index contributed by atoms with van der Waals surface area (Å²) >= 11 is 0. The van der Waals surface area contributed by atoms with Gasteiger partial charge in [-0.05, 0) is 26.3 Å². The van der Waals surface area contributed by atoms with Gasteiger partial charge in [0.15, 0.2) is 0 Å². The number of nitrogens with two attached hydrogens (primary N) is 1. The van der Waals surface area contributed by atoms with Gasteiger partial charge in [-0.2, -0.15) is 0 Å². The van der Waals surface area contributed by atoms with Crippen LogP contribution >= 0.6 is 0 Å². The van der Waals surface area contributed by atoms with E-state index in [2.05, 4.69) is 5.32 Å². The van der Waals surface area contributed by atoms with Crippen LogP contribution in [0.4, 0.5) is 0 Å². The van der Waals surface area contributed by atoms with E-state index in [9.17, 15) is 9.59 Å². The summed E-state index contributed by atoms with van der Waals surface area (Å²) in [6, 6.07) is -0.276. The van der Waals surface area contributed by atoms with Crippen LogP contribution < -0.4 is 11.1 Å². The number of rotatable bonds is 3. The molecular weight excluding hydrogens is 208 g/mol. The van der Waals surface area contributed by atoms with Crippen molar-refractivity contribution in [2.45, 2.75) is 45.8 Å². The number of hydrogen-bond donors (Lipinski definition) is 2. The molecule has 0 radical (unpaired) electrons. The average molecular weight is 228 g/mol. The van der Waals surface area contributed by atoms with E-state index in [1.54, 1.807) is 20.8 Å².